The molecule has 0 aliphatic heterocycles. The van der Waals surface area contributed by atoms with E-state index in [2.05, 4.69) is 4.98 Å². The third-order valence-electron chi connectivity index (χ3n) is 2.55. The van der Waals surface area contributed by atoms with Gasteiger partial charge in [-0.2, -0.15) is 0 Å². The van der Waals surface area contributed by atoms with Gasteiger partial charge in [0.05, 0.1) is 0 Å². The Kier molecular flexibility index (Phi) is 1.20. The predicted molar refractivity (Wildman–Crippen MR) is 50.0 cm³/mol. The normalized spacial score (nSPS) is 16.6. The van der Waals surface area contributed by atoms with Gasteiger partial charge in [0.2, 0.25) is 0 Å². The van der Waals surface area contributed by atoms with E-state index in [1.807, 2.05) is 12.3 Å². The van der Waals surface area contributed by atoms with Crippen molar-refractivity contribution in [3.8, 4) is 0 Å². The molecular weight excluding hydrogens is 164 g/mol. The van der Waals surface area contributed by atoms with Gasteiger partial charge in [0.1, 0.15) is 5.65 Å². The van der Waals surface area contributed by atoms with Crippen molar-refractivity contribution in [3.05, 3.63) is 40.4 Å². The lowest BCUT2D eigenvalue weighted by molar-refractivity contribution is 1.05. The van der Waals surface area contributed by atoms with Gasteiger partial charge in [0.15, 0.2) is 0 Å². The summed E-state index contributed by atoms with van der Waals surface area (Å²) in [6.07, 6.45) is 4.43. The summed E-state index contributed by atoms with van der Waals surface area (Å²) in [5, 5.41) is 0. The maximum atomic E-state index is 11.4. The lowest BCUT2D eigenvalue weighted by Crippen LogP contribution is -2.08. The molecule has 0 bridgehead atoms. The molecule has 66 valence electrons. The highest BCUT2D eigenvalue weighted by Crippen LogP contribution is 2.39. The Morgan fingerprint density at radius 1 is 1.38 bits per heavy atom. The number of pyridine rings is 1. The fourth-order valence-corrected chi connectivity index (χ4v) is 1.66. The second-order valence-corrected chi connectivity index (χ2v) is 3.60. The number of rotatable bonds is 1. The molecule has 1 N–H and O–H groups in total. The van der Waals surface area contributed by atoms with Crippen molar-refractivity contribution >= 4 is 5.65 Å². The van der Waals surface area contributed by atoms with Crippen molar-refractivity contribution in [2.75, 3.05) is 0 Å². The Morgan fingerprint density at radius 2 is 2.23 bits per heavy atom. The van der Waals surface area contributed by atoms with Crippen molar-refractivity contribution in [2.24, 2.45) is 0 Å². The van der Waals surface area contributed by atoms with Gasteiger partial charge in [-0.1, -0.05) is 6.07 Å². The van der Waals surface area contributed by atoms with Crippen LogP contribution in [0.3, 0.4) is 0 Å². The highest BCUT2D eigenvalue weighted by Gasteiger charge is 2.25. The molecule has 2 aromatic heterocycles. The van der Waals surface area contributed by atoms with Gasteiger partial charge < -0.3 is 4.98 Å². The highest BCUT2D eigenvalue weighted by atomic mass is 16.1. The second kappa shape index (κ2) is 2.25. The van der Waals surface area contributed by atoms with Crippen LogP contribution in [-0.2, 0) is 0 Å². The smallest absolute Gasteiger partial charge is 0.256 e. The maximum Gasteiger partial charge on any atom is 0.256 e. The second-order valence-electron chi connectivity index (χ2n) is 3.60. The number of nitrogens with one attached hydrogen (secondary N) is 1. The summed E-state index contributed by atoms with van der Waals surface area (Å²) in [7, 11) is 0. The van der Waals surface area contributed by atoms with Gasteiger partial charge in [0.25, 0.3) is 5.56 Å². The van der Waals surface area contributed by atoms with Gasteiger partial charge in [-0.05, 0) is 18.9 Å². The number of aromatic amines is 1. The standard InChI is InChI=1S/C10H10N2O/c13-10-3-1-2-9-11-8(6-12(9)10)7-4-5-7/h1-3,6-7,11H,4-5H2. The third-order valence-corrected chi connectivity index (χ3v) is 2.55. The van der Waals surface area contributed by atoms with Gasteiger partial charge in [-0.3, -0.25) is 9.20 Å². The average Bonchev–Trinajstić information content (AvgIpc) is 2.87. The molecule has 3 nitrogen and oxygen atoms in total. The minimum absolute atomic E-state index is 0.0423. The molecule has 3 rings (SSSR count). The Hall–Kier alpha value is -1.51. The molecular formula is C10H10N2O. The number of fused-ring (bicyclic) bond motifs is 1. The van der Waals surface area contributed by atoms with Gasteiger partial charge in [-0.25, -0.2) is 0 Å². The number of H-pyrrole nitrogens is 1. The molecule has 0 radical (unpaired) electrons. The Bertz CT molecular complexity index is 505. The van der Waals surface area contributed by atoms with Crippen molar-refractivity contribution < 1.29 is 0 Å². The van der Waals surface area contributed by atoms with E-state index in [0.717, 1.165) is 5.65 Å². The van der Waals surface area contributed by atoms with Gasteiger partial charge in [-0.15, -0.1) is 0 Å². The predicted octanol–water partition coefficient (Wildman–Crippen LogP) is 1.50. The molecule has 0 spiro atoms. The molecule has 0 unspecified atom stereocenters. The summed E-state index contributed by atoms with van der Waals surface area (Å²) in [6.45, 7) is 0. The lowest BCUT2D eigenvalue weighted by atomic mass is 10.3. The third kappa shape index (κ3) is 1.00. The molecule has 0 amide bonds. The Balaban J connectivity index is 2.32. The minimum atomic E-state index is 0.0423. The van der Waals surface area contributed by atoms with E-state index in [0.29, 0.717) is 5.92 Å². The monoisotopic (exact) mass is 174 g/mol. The van der Waals surface area contributed by atoms with Crippen molar-refractivity contribution in [1.29, 1.82) is 0 Å². The number of aromatic nitrogens is 2. The molecule has 0 aromatic carbocycles. The van der Waals surface area contributed by atoms with E-state index in [4.69, 9.17) is 0 Å². The molecule has 3 heteroatoms. The molecule has 1 aliphatic rings. The van der Waals surface area contributed by atoms with Crippen LogP contribution in [0, 0.1) is 0 Å². The summed E-state index contributed by atoms with van der Waals surface area (Å²) in [5.41, 5.74) is 2.14. The van der Waals surface area contributed by atoms with Crippen LogP contribution >= 0.6 is 0 Å². The zero-order valence-corrected chi connectivity index (χ0v) is 7.16. The van der Waals surface area contributed by atoms with E-state index in [9.17, 15) is 4.79 Å². The lowest BCUT2D eigenvalue weighted by Gasteiger charge is -1.87. The van der Waals surface area contributed by atoms with Gasteiger partial charge in [0, 0.05) is 23.9 Å². The number of hydrogen-bond acceptors (Lipinski definition) is 1. The van der Waals surface area contributed by atoms with Crippen molar-refractivity contribution in [1.82, 2.24) is 9.38 Å². The Morgan fingerprint density at radius 3 is 2.92 bits per heavy atom. The zero-order chi connectivity index (χ0) is 8.84. The fourth-order valence-electron chi connectivity index (χ4n) is 1.66. The molecule has 1 aliphatic carbocycles. The molecule has 2 heterocycles. The van der Waals surface area contributed by atoms with Crippen LogP contribution in [0.2, 0.25) is 0 Å². The molecule has 1 fully saturated rings. The van der Waals surface area contributed by atoms with Crippen LogP contribution in [-0.4, -0.2) is 9.38 Å². The zero-order valence-electron chi connectivity index (χ0n) is 7.16. The van der Waals surface area contributed by atoms with Crippen LogP contribution < -0.4 is 5.56 Å². The van der Waals surface area contributed by atoms with Gasteiger partial charge >= 0.3 is 0 Å². The van der Waals surface area contributed by atoms with Crippen LogP contribution in [0.1, 0.15) is 24.5 Å². The first-order valence-corrected chi connectivity index (χ1v) is 4.55. The number of nitrogens with zero attached hydrogens (tertiary/aromatic N) is 1. The summed E-state index contributed by atoms with van der Waals surface area (Å²) >= 11 is 0. The molecule has 0 saturated heterocycles. The minimum Gasteiger partial charge on any atom is -0.343 e. The number of hydrogen-bond donors (Lipinski definition) is 1. The SMILES string of the molecule is O=c1cccc2[nH]c(C3CC3)cn12. The fraction of sp³-hybridized carbons (Fsp3) is 0.300. The molecule has 2 aromatic rings. The average molecular weight is 174 g/mol. The Labute approximate surface area is 75.0 Å². The largest absolute Gasteiger partial charge is 0.343 e. The summed E-state index contributed by atoms with van der Waals surface area (Å²) in [4.78, 5) is 14.6. The first-order valence-electron chi connectivity index (χ1n) is 4.55. The van der Waals surface area contributed by atoms with E-state index < -0.39 is 0 Å². The van der Waals surface area contributed by atoms with E-state index in [1.54, 1.807) is 16.5 Å². The first kappa shape index (κ1) is 6.95. The summed E-state index contributed by atoms with van der Waals surface area (Å²) in [5.74, 6) is 0.666. The van der Waals surface area contributed by atoms with Crippen LogP contribution in [0.15, 0.2) is 29.2 Å². The van der Waals surface area contributed by atoms with Crippen LogP contribution in [0.5, 0.6) is 0 Å². The first-order chi connectivity index (χ1) is 6.34. The molecule has 1 saturated carbocycles. The van der Waals surface area contributed by atoms with Crippen LogP contribution in [0.25, 0.3) is 5.65 Å². The van der Waals surface area contributed by atoms with E-state index in [-0.39, 0.29) is 5.56 Å². The summed E-state index contributed by atoms with van der Waals surface area (Å²) in [6, 6.07) is 5.29. The van der Waals surface area contributed by atoms with E-state index >= 15 is 0 Å². The topological polar surface area (TPSA) is 37.3 Å². The highest BCUT2D eigenvalue weighted by molar-refractivity contribution is 5.40. The summed E-state index contributed by atoms with van der Waals surface area (Å²) < 4.78 is 1.67. The van der Waals surface area contributed by atoms with Crippen molar-refractivity contribution in [3.63, 3.8) is 0 Å². The van der Waals surface area contributed by atoms with Crippen LogP contribution in [0.4, 0.5) is 0 Å². The van der Waals surface area contributed by atoms with Crippen molar-refractivity contribution in [2.45, 2.75) is 18.8 Å². The molecule has 0 atom stereocenters. The van der Waals surface area contributed by atoms with E-state index in [1.165, 1.54) is 18.5 Å². The quantitative estimate of drug-likeness (QED) is 0.699. The number of imidazole rings is 1. The maximum absolute atomic E-state index is 11.4. The molecule has 13 heavy (non-hydrogen) atoms.